The number of carbonyl (C=O) groups excluding carboxylic acids is 1. The number of amides is 1. The summed E-state index contributed by atoms with van der Waals surface area (Å²) in [6.07, 6.45) is 4.25. The maximum Gasteiger partial charge on any atom is 0.226 e. The first-order valence-electron chi connectivity index (χ1n) is 12.5. The maximum absolute atomic E-state index is 13.2. The van der Waals surface area contributed by atoms with E-state index >= 15 is 0 Å². The van der Waals surface area contributed by atoms with Gasteiger partial charge in [-0.05, 0) is 74.1 Å². The largest absolute Gasteiger partial charge is 0.353 e. The summed E-state index contributed by atoms with van der Waals surface area (Å²) >= 11 is 0. The van der Waals surface area contributed by atoms with Gasteiger partial charge in [-0.1, -0.05) is 54.1 Å². The number of aromatic amines is 1. The Bertz CT molecular complexity index is 1550. The SMILES string of the molecule is Cc1ccc2[nH]c(-c3ccc4ccccc4n3)c(CCCC(=O)N3CCCc4ccccc43)c2c1. The topological polar surface area (TPSA) is 49.0 Å². The van der Waals surface area contributed by atoms with Crippen molar-refractivity contribution in [2.45, 2.75) is 39.0 Å². The fraction of sp³-hybridized carbons (Fsp3) is 0.226. The molecule has 0 aliphatic carbocycles. The molecular formula is C31H29N3O. The molecule has 0 saturated heterocycles. The molecule has 1 aliphatic heterocycles. The number of nitrogens with one attached hydrogen (secondary N) is 1. The van der Waals surface area contributed by atoms with Gasteiger partial charge < -0.3 is 9.88 Å². The summed E-state index contributed by atoms with van der Waals surface area (Å²) < 4.78 is 0. The summed E-state index contributed by atoms with van der Waals surface area (Å²) in [7, 11) is 0. The summed E-state index contributed by atoms with van der Waals surface area (Å²) in [5, 5.41) is 2.36. The number of H-pyrrole nitrogens is 1. The van der Waals surface area contributed by atoms with Gasteiger partial charge in [-0.15, -0.1) is 0 Å². The highest BCUT2D eigenvalue weighted by Gasteiger charge is 2.22. The molecule has 4 heteroatoms. The molecule has 0 atom stereocenters. The molecule has 0 bridgehead atoms. The highest BCUT2D eigenvalue weighted by molar-refractivity contribution is 5.95. The number of anilines is 1. The first-order valence-corrected chi connectivity index (χ1v) is 12.5. The molecule has 1 N–H and O–H groups in total. The van der Waals surface area contributed by atoms with Gasteiger partial charge in [0.25, 0.3) is 0 Å². The van der Waals surface area contributed by atoms with Crippen LogP contribution in [0.3, 0.4) is 0 Å². The van der Waals surface area contributed by atoms with Crippen molar-refractivity contribution in [2.75, 3.05) is 11.4 Å². The predicted octanol–water partition coefficient (Wildman–Crippen LogP) is 6.99. The van der Waals surface area contributed by atoms with Gasteiger partial charge in [0.2, 0.25) is 5.91 Å². The van der Waals surface area contributed by atoms with Crippen molar-refractivity contribution in [3.05, 3.63) is 95.6 Å². The van der Waals surface area contributed by atoms with E-state index in [1.165, 1.54) is 22.1 Å². The van der Waals surface area contributed by atoms with E-state index in [0.29, 0.717) is 6.42 Å². The second kappa shape index (κ2) is 9.03. The third-order valence-corrected chi connectivity index (χ3v) is 7.14. The Labute approximate surface area is 205 Å². The van der Waals surface area contributed by atoms with Crippen molar-refractivity contribution < 1.29 is 4.79 Å². The van der Waals surface area contributed by atoms with Crippen molar-refractivity contribution in [3.8, 4) is 11.4 Å². The molecule has 0 fully saturated rings. The molecule has 35 heavy (non-hydrogen) atoms. The monoisotopic (exact) mass is 459 g/mol. The highest BCUT2D eigenvalue weighted by atomic mass is 16.2. The van der Waals surface area contributed by atoms with Crippen molar-refractivity contribution in [1.29, 1.82) is 0 Å². The molecule has 0 spiro atoms. The molecule has 0 unspecified atom stereocenters. The normalized spacial score (nSPS) is 13.3. The molecule has 174 valence electrons. The second-order valence-corrected chi connectivity index (χ2v) is 9.55. The van der Waals surface area contributed by atoms with Crippen molar-refractivity contribution in [1.82, 2.24) is 9.97 Å². The van der Waals surface area contributed by atoms with Gasteiger partial charge in [-0.25, -0.2) is 4.98 Å². The number of pyridine rings is 1. The summed E-state index contributed by atoms with van der Waals surface area (Å²) in [6, 6.07) is 27.3. The number of aryl methyl sites for hydroxylation is 3. The number of para-hydroxylation sites is 2. The predicted molar refractivity (Wildman–Crippen MR) is 144 cm³/mol. The molecule has 3 aromatic carbocycles. The van der Waals surface area contributed by atoms with E-state index < -0.39 is 0 Å². The fourth-order valence-corrected chi connectivity index (χ4v) is 5.39. The lowest BCUT2D eigenvalue weighted by molar-refractivity contribution is -0.118. The van der Waals surface area contributed by atoms with E-state index in [0.717, 1.165) is 65.7 Å². The molecule has 5 aromatic rings. The Hall–Kier alpha value is -3.92. The lowest BCUT2D eigenvalue weighted by atomic mass is 9.99. The minimum absolute atomic E-state index is 0.221. The number of carbonyl (C=O) groups is 1. The average molecular weight is 460 g/mol. The number of rotatable bonds is 5. The van der Waals surface area contributed by atoms with Crippen LogP contribution in [0.2, 0.25) is 0 Å². The van der Waals surface area contributed by atoms with Crippen molar-refractivity contribution >= 4 is 33.4 Å². The van der Waals surface area contributed by atoms with Crippen LogP contribution in [0.25, 0.3) is 33.2 Å². The molecule has 0 saturated carbocycles. The lowest BCUT2D eigenvalue weighted by Gasteiger charge is -2.29. The van der Waals surface area contributed by atoms with Crippen LogP contribution in [0.1, 0.15) is 36.0 Å². The Kier molecular flexibility index (Phi) is 5.57. The molecule has 6 rings (SSSR count). The van der Waals surface area contributed by atoms with Gasteiger partial charge in [0.1, 0.15) is 0 Å². The number of nitrogens with zero attached hydrogens (tertiary/aromatic N) is 2. The van der Waals surface area contributed by atoms with Crippen molar-refractivity contribution in [2.24, 2.45) is 0 Å². The molecular weight excluding hydrogens is 430 g/mol. The van der Waals surface area contributed by atoms with Crippen LogP contribution in [-0.4, -0.2) is 22.4 Å². The molecule has 1 amide bonds. The number of aromatic nitrogens is 2. The molecule has 3 heterocycles. The quantitative estimate of drug-likeness (QED) is 0.308. The van der Waals surface area contributed by atoms with Crippen LogP contribution in [0.5, 0.6) is 0 Å². The zero-order valence-corrected chi connectivity index (χ0v) is 20.1. The summed E-state index contributed by atoms with van der Waals surface area (Å²) in [5.74, 6) is 0.221. The van der Waals surface area contributed by atoms with Gasteiger partial charge in [0.15, 0.2) is 0 Å². The minimum Gasteiger partial charge on any atom is -0.353 e. The van der Waals surface area contributed by atoms with E-state index in [4.69, 9.17) is 4.98 Å². The smallest absolute Gasteiger partial charge is 0.226 e. The molecule has 2 aromatic heterocycles. The molecule has 1 aliphatic rings. The van der Waals surface area contributed by atoms with Crippen LogP contribution in [0.15, 0.2) is 78.9 Å². The van der Waals surface area contributed by atoms with Crippen LogP contribution in [-0.2, 0) is 17.6 Å². The number of hydrogen-bond acceptors (Lipinski definition) is 2. The maximum atomic E-state index is 13.2. The van der Waals surface area contributed by atoms with Crippen LogP contribution in [0.4, 0.5) is 5.69 Å². The highest BCUT2D eigenvalue weighted by Crippen LogP contribution is 2.33. The summed E-state index contributed by atoms with van der Waals surface area (Å²) in [4.78, 5) is 23.8. The summed E-state index contributed by atoms with van der Waals surface area (Å²) in [6.45, 7) is 2.94. The number of fused-ring (bicyclic) bond motifs is 3. The Morgan fingerprint density at radius 1 is 1.00 bits per heavy atom. The van der Waals surface area contributed by atoms with Gasteiger partial charge in [0.05, 0.1) is 16.9 Å². The van der Waals surface area contributed by atoms with E-state index in [1.54, 1.807) is 0 Å². The first-order chi connectivity index (χ1) is 17.2. The Balaban J connectivity index is 1.29. The van der Waals surface area contributed by atoms with Crippen LogP contribution >= 0.6 is 0 Å². The zero-order valence-electron chi connectivity index (χ0n) is 20.1. The van der Waals surface area contributed by atoms with Crippen LogP contribution in [0, 0.1) is 6.92 Å². The van der Waals surface area contributed by atoms with Crippen molar-refractivity contribution in [3.63, 3.8) is 0 Å². The first kappa shape index (κ1) is 21.6. The Morgan fingerprint density at radius 2 is 1.86 bits per heavy atom. The van der Waals surface area contributed by atoms with E-state index in [9.17, 15) is 4.79 Å². The summed E-state index contributed by atoms with van der Waals surface area (Å²) in [5.41, 5.74) is 8.97. The third-order valence-electron chi connectivity index (χ3n) is 7.14. The average Bonchev–Trinajstić information content (AvgIpc) is 3.25. The van der Waals surface area contributed by atoms with E-state index in [-0.39, 0.29) is 5.91 Å². The lowest BCUT2D eigenvalue weighted by Crippen LogP contribution is -2.35. The second-order valence-electron chi connectivity index (χ2n) is 9.55. The minimum atomic E-state index is 0.221. The fourth-order valence-electron chi connectivity index (χ4n) is 5.39. The Morgan fingerprint density at radius 3 is 2.80 bits per heavy atom. The zero-order chi connectivity index (χ0) is 23.8. The molecule has 4 nitrogen and oxygen atoms in total. The standard InChI is InChI=1S/C31H29N3O/c1-21-15-17-27-25(20-21)24(31(33-27)28-18-16-22-8-2-4-12-26(22)32-28)11-6-14-30(35)34-19-7-10-23-9-3-5-13-29(23)34/h2-5,8-9,12-13,15-18,20,33H,6-7,10-11,14,19H2,1H3. The number of hydrogen-bond donors (Lipinski definition) is 1. The third kappa shape index (κ3) is 4.10. The van der Waals surface area contributed by atoms with Gasteiger partial charge in [0, 0.05) is 34.9 Å². The van der Waals surface area contributed by atoms with Gasteiger partial charge >= 0.3 is 0 Å². The van der Waals surface area contributed by atoms with E-state index in [2.05, 4.69) is 72.6 Å². The van der Waals surface area contributed by atoms with E-state index in [1.807, 2.05) is 23.1 Å². The van der Waals surface area contributed by atoms with Gasteiger partial charge in [-0.3, -0.25) is 4.79 Å². The number of benzene rings is 3. The molecule has 0 radical (unpaired) electrons. The van der Waals surface area contributed by atoms with Gasteiger partial charge in [-0.2, -0.15) is 0 Å². The van der Waals surface area contributed by atoms with Crippen LogP contribution < -0.4 is 4.90 Å².